The first-order chi connectivity index (χ1) is 12.0. The van der Waals surface area contributed by atoms with Crippen molar-refractivity contribution in [1.82, 2.24) is 20.2 Å². The minimum atomic E-state index is -0.173. The Hall–Kier alpha value is -1.67. The molecule has 1 N–H and O–H groups in total. The fraction of sp³-hybridized carbons (Fsp3) is 0.529. The molecule has 2 amide bonds. The highest BCUT2D eigenvalue weighted by atomic mass is 32.2. The molecule has 3 rings (SSSR count). The lowest BCUT2D eigenvalue weighted by molar-refractivity contribution is -0.132. The third-order valence-electron chi connectivity index (χ3n) is 4.31. The first kappa shape index (κ1) is 18.1. The second-order valence-corrected chi connectivity index (χ2v) is 8.23. The third-order valence-corrected chi connectivity index (χ3v) is 6.46. The summed E-state index contributed by atoms with van der Waals surface area (Å²) in [6.07, 6.45) is 4.62. The maximum absolute atomic E-state index is 12.3. The van der Waals surface area contributed by atoms with Gasteiger partial charge < -0.3 is 10.2 Å². The Kier molecular flexibility index (Phi) is 5.58. The van der Waals surface area contributed by atoms with Gasteiger partial charge in [-0.05, 0) is 38.2 Å². The first-order valence-electron chi connectivity index (χ1n) is 8.35. The molecule has 134 valence electrons. The summed E-state index contributed by atoms with van der Waals surface area (Å²) >= 11 is 3.21. The Morgan fingerprint density at radius 2 is 2.04 bits per heavy atom. The SMILES string of the molecule is CNC(=O)CN(C)C(=O)CSc1nc(C)nc2sc3c(c12)CCCC3. The lowest BCUT2D eigenvalue weighted by Crippen LogP contribution is -2.37. The smallest absolute Gasteiger partial charge is 0.239 e. The van der Waals surface area contributed by atoms with Crippen molar-refractivity contribution in [1.29, 1.82) is 0 Å². The summed E-state index contributed by atoms with van der Waals surface area (Å²) in [6.45, 7) is 1.96. The van der Waals surface area contributed by atoms with Crippen molar-refractivity contribution < 1.29 is 9.59 Å². The largest absolute Gasteiger partial charge is 0.358 e. The van der Waals surface area contributed by atoms with E-state index in [-0.39, 0.29) is 24.1 Å². The molecular formula is C17H22N4O2S2. The minimum Gasteiger partial charge on any atom is -0.358 e. The molecule has 2 aromatic rings. The van der Waals surface area contributed by atoms with Crippen LogP contribution in [0.2, 0.25) is 0 Å². The second-order valence-electron chi connectivity index (χ2n) is 6.18. The van der Waals surface area contributed by atoms with Gasteiger partial charge in [0.1, 0.15) is 15.7 Å². The highest BCUT2D eigenvalue weighted by Crippen LogP contribution is 2.39. The van der Waals surface area contributed by atoms with E-state index in [0.717, 1.165) is 33.9 Å². The average Bonchev–Trinajstić information content (AvgIpc) is 2.97. The van der Waals surface area contributed by atoms with Gasteiger partial charge in [0.25, 0.3) is 0 Å². The van der Waals surface area contributed by atoms with Crippen LogP contribution < -0.4 is 5.32 Å². The van der Waals surface area contributed by atoms with Crippen LogP contribution in [0.1, 0.15) is 29.1 Å². The zero-order chi connectivity index (χ0) is 18.0. The summed E-state index contributed by atoms with van der Waals surface area (Å²) < 4.78 is 0. The van der Waals surface area contributed by atoms with Crippen LogP contribution in [0, 0.1) is 6.92 Å². The van der Waals surface area contributed by atoms with E-state index in [2.05, 4.69) is 15.3 Å². The van der Waals surface area contributed by atoms with Crippen molar-refractivity contribution in [3.8, 4) is 0 Å². The van der Waals surface area contributed by atoms with Crippen molar-refractivity contribution in [3.05, 3.63) is 16.3 Å². The topological polar surface area (TPSA) is 75.2 Å². The van der Waals surface area contributed by atoms with E-state index in [1.165, 1.54) is 39.9 Å². The number of rotatable bonds is 5. The van der Waals surface area contributed by atoms with Crippen LogP contribution in [0.5, 0.6) is 0 Å². The van der Waals surface area contributed by atoms with Crippen LogP contribution in [0.25, 0.3) is 10.2 Å². The van der Waals surface area contributed by atoms with Crippen molar-refractivity contribution in [2.24, 2.45) is 0 Å². The van der Waals surface area contributed by atoms with Gasteiger partial charge in [-0.3, -0.25) is 9.59 Å². The van der Waals surface area contributed by atoms with Crippen molar-refractivity contribution in [2.45, 2.75) is 37.6 Å². The number of carbonyl (C=O) groups excluding carboxylic acids is 2. The number of hydrogen-bond donors (Lipinski definition) is 1. The molecule has 25 heavy (non-hydrogen) atoms. The molecule has 0 bridgehead atoms. The normalized spacial score (nSPS) is 13.6. The minimum absolute atomic E-state index is 0.0714. The van der Waals surface area contributed by atoms with E-state index >= 15 is 0 Å². The van der Waals surface area contributed by atoms with Crippen LogP contribution in [0.15, 0.2) is 5.03 Å². The highest BCUT2D eigenvalue weighted by molar-refractivity contribution is 8.00. The van der Waals surface area contributed by atoms with E-state index in [0.29, 0.717) is 0 Å². The molecule has 1 aliphatic carbocycles. The highest BCUT2D eigenvalue weighted by Gasteiger charge is 2.22. The van der Waals surface area contributed by atoms with E-state index in [4.69, 9.17) is 0 Å². The molecular weight excluding hydrogens is 356 g/mol. The second kappa shape index (κ2) is 7.70. The van der Waals surface area contributed by atoms with Gasteiger partial charge in [0.2, 0.25) is 11.8 Å². The summed E-state index contributed by atoms with van der Waals surface area (Å²) in [5, 5.41) is 4.56. The molecule has 6 nitrogen and oxygen atoms in total. The van der Waals surface area contributed by atoms with Gasteiger partial charge in [-0.15, -0.1) is 11.3 Å². The monoisotopic (exact) mass is 378 g/mol. The van der Waals surface area contributed by atoms with Gasteiger partial charge in [0.05, 0.1) is 12.3 Å². The Bertz CT molecular complexity index is 819. The molecule has 2 aromatic heterocycles. The zero-order valence-corrected chi connectivity index (χ0v) is 16.4. The molecule has 0 spiro atoms. The van der Waals surface area contributed by atoms with Gasteiger partial charge in [-0.1, -0.05) is 11.8 Å². The Morgan fingerprint density at radius 3 is 2.80 bits per heavy atom. The van der Waals surface area contributed by atoms with Crippen LogP contribution >= 0.6 is 23.1 Å². The number of hydrogen-bond acceptors (Lipinski definition) is 6. The van der Waals surface area contributed by atoms with Gasteiger partial charge >= 0.3 is 0 Å². The van der Waals surface area contributed by atoms with E-state index in [9.17, 15) is 9.59 Å². The summed E-state index contributed by atoms with van der Waals surface area (Å²) in [6, 6.07) is 0. The Labute approximate surface area is 155 Å². The number of fused-ring (bicyclic) bond motifs is 3. The maximum atomic E-state index is 12.3. The summed E-state index contributed by atoms with van der Waals surface area (Å²) in [5.74, 6) is 0.749. The van der Waals surface area contributed by atoms with Crippen LogP contribution in [-0.4, -0.2) is 53.1 Å². The molecule has 0 unspecified atom stereocenters. The number of thiophene rings is 1. The van der Waals surface area contributed by atoms with Crippen LogP contribution in [0.4, 0.5) is 0 Å². The molecule has 0 aromatic carbocycles. The number of amides is 2. The molecule has 0 saturated heterocycles. The molecule has 2 heterocycles. The fourth-order valence-corrected chi connectivity index (χ4v) is 5.37. The number of aryl methyl sites for hydroxylation is 3. The van der Waals surface area contributed by atoms with E-state index < -0.39 is 0 Å². The molecule has 0 fully saturated rings. The van der Waals surface area contributed by atoms with Gasteiger partial charge in [-0.2, -0.15) is 0 Å². The number of nitrogens with one attached hydrogen (secondary N) is 1. The summed E-state index contributed by atoms with van der Waals surface area (Å²) in [5.41, 5.74) is 1.37. The number of likely N-dealkylation sites (N-methyl/N-ethyl adjacent to an activating group) is 2. The Balaban J connectivity index is 1.80. The maximum Gasteiger partial charge on any atom is 0.239 e. The average molecular weight is 379 g/mol. The van der Waals surface area contributed by atoms with Crippen LogP contribution in [-0.2, 0) is 22.4 Å². The molecule has 0 saturated carbocycles. The van der Waals surface area contributed by atoms with E-state index in [1.54, 1.807) is 25.4 Å². The zero-order valence-electron chi connectivity index (χ0n) is 14.7. The lowest BCUT2D eigenvalue weighted by Gasteiger charge is -2.16. The molecule has 0 aliphatic heterocycles. The molecule has 0 atom stereocenters. The predicted molar refractivity (Wildman–Crippen MR) is 101 cm³/mol. The summed E-state index contributed by atoms with van der Waals surface area (Å²) in [7, 11) is 3.21. The number of aromatic nitrogens is 2. The predicted octanol–water partition coefficient (Wildman–Crippen LogP) is 2.18. The van der Waals surface area contributed by atoms with Crippen LogP contribution in [0.3, 0.4) is 0 Å². The van der Waals surface area contributed by atoms with Crippen molar-refractivity contribution in [2.75, 3.05) is 26.4 Å². The van der Waals surface area contributed by atoms with Gasteiger partial charge in [-0.25, -0.2) is 9.97 Å². The number of carbonyl (C=O) groups is 2. The van der Waals surface area contributed by atoms with E-state index in [1.807, 2.05) is 6.92 Å². The Morgan fingerprint density at radius 1 is 1.28 bits per heavy atom. The molecule has 1 aliphatic rings. The van der Waals surface area contributed by atoms with Gasteiger partial charge in [0.15, 0.2) is 0 Å². The van der Waals surface area contributed by atoms with Gasteiger partial charge in [0, 0.05) is 24.4 Å². The molecule has 8 heteroatoms. The quantitative estimate of drug-likeness (QED) is 0.637. The summed E-state index contributed by atoms with van der Waals surface area (Å²) in [4.78, 5) is 36.8. The first-order valence-corrected chi connectivity index (χ1v) is 10.2. The fourth-order valence-electron chi connectivity index (χ4n) is 2.95. The van der Waals surface area contributed by atoms with Crippen molar-refractivity contribution >= 4 is 45.1 Å². The number of thioether (sulfide) groups is 1. The standard InChI is InChI=1S/C17H22N4O2S2/c1-10-19-16(24-9-14(23)21(3)8-13(22)18-2)15-11-6-4-5-7-12(11)25-17(15)20-10/h4-9H2,1-3H3,(H,18,22). The lowest BCUT2D eigenvalue weighted by atomic mass is 9.97. The number of nitrogens with zero attached hydrogens (tertiary/aromatic N) is 3. The molecule has 0 radical (unpaired) electrons. The van der Waals surface area contributed by atoms with Crippen molar-refractivity contribution in [3.63, 3.8) is 0 Å². The third kappa shape index (κ3) is 3.95.